The highest BCUT2D eigenvalue weighted by atomic mass is 79.9. The van der Waals surface area contributed by atoms with Gasteiger partial charge in [0, 0.05) is 16.5 Å². The Morgan fingerprint density at radius 3 is 2.67 bits per heavy atom. The van der Waals surface area contributed by atoms with Gasteiger partial charge in [0.1, 0.15) is 11.8 Å². The molecule has 1 aromatic heterocycles. The Morgan fingerprint density at radius 1 is 1.60 bits per heavy atom. The molecule has 1 N–H and O–H groups in total. The van der Waals surface area contributed by atoms with Crippen molar-refractivity contribution in [3.63, 3.8) is 0 Å². The molecule has 0 amide bonds. The van der Waals surface area contributed by atoms with Crippen LogP contribution in [0.25, 0.3) is 0 Å². The van der Waals surface area contributed by atoms with Gasteiger partial charge in [-0.2, -0.15) is 5.26 Å². The lowest BCUT2D eigenvalue weighted by molar-refractivity contribution is 0.150. The molecule has 3 nitrogen and oxygen atoms in total. The van der Waals surface area contributed by atoms with Crippen LogP contribution in [-0.4, -0.2) is 10.1 Å². The van der Waals surface area contributed by atoms with Gasteiger partial charge in [-0.3, -0.25) is 0 Å². The number of halogens is 3. The van der Waals surface area contributed by atoms with Gasteiger partial charge < -0.3 is 5.11 Å². The topological polar surface area (TPSA) is 56.9 Å². The van der Waals surface area contributed by atoms with E-state index in [1.54, 1.807) is 6.07 Å². The maximum atomic E-state index is 12.6. The minimum Gasteiger partial charge on any atom is -0.390 e. The van der Waals surface area contributed by atoms with Crippen molar-refractivity contribution in [1.82, 2.24) is 4.98 Å². The zero-order chi connectivity index (χ0) is 11.4. The SMILES string of the molecule is N#Cc1nc(CO)cc(C(F)F)c1CBr. The molecule has 0 fully saturated rings. The van der Waals surface area contributed by atoms with Crippen LogP contribution in [0.2, 0.25) is 0 Å². The molecule has 15 heavy (non-hydrogen) atoms. The largest absolute Gasteiger partial charge is 0.390 e. The smallest absolute Gasteiger partial charge is 0.264 e. The highest BCUT2D eigenvalue weighted by Crippen LogP contribution is 2.27. The average molecular weight is 277 g/mol. The molecule has 0 radical (unpaired) electrons. The van der Waals surface area contributed by atoms with E-state index in [0.29, 0.717) is 0 Å². The Balaban J connectivity index is 3.41. The molecule has 0 atom stereocenters. The molecule has 0 aliphatic heterocycles. The van der Waals surface area contributed by atoms with Gasteiger partial charge in [0.15, 0.2) is 0 Å². The van der Waals surface area contributed by atoms with Gasteiger partial charge in [-0.15, -0.1) is 0 Å². The molecule has 1 aromatic rings. The molecule has 0 aliphatic rings. The fraction of sp³-hybridized carbons (Fsp3) is 0.333. The molecule has 0 bridgehead atoms. The third-order valence-corrected chi connectivity index (χ3v) is 2.41. The molecule has 1 rings (SSSR count). The number of hydrogen-bond donors (Lipinski definition) is 1. The summed E-state index contributed by atoms with van der Waals surface area (Å²) in [6.07, 6.45) is -2.68. The molecular weight excluding hydrogens is 270 g/mol. The molecule has 0 unspecified atom stereocenters. The second kappa shape index (κ2) is 5.14. The lowest BCUT2D eigenvalue weighted by Gasteiger charge is -2.09. The third-order valence-electron chi connectivity index (χ3n) is 1.85. The Hall–Kier alpha value is -1.06. The van der Waals surface area contributed by atoms with Gasteiger partial charge in [-0.05, 0) is 6.07 Å². The van der Waals surface area contributed by atoms with E-state index in [1.807, 2.05) is 0 Å². The van der Waals surface area contributed by atoms with Crippen LogP contribution in [0, 0.1) is 11.3 Å². The third kappa shape index (κ3) is 2.49. The van der Waals surface area contributed by atoms with Crippen LogP contribution in [-0.2, 0) is 11.9 Å². The summed E-state index contributed by atoms with van der Waals surface area (Å²) >= 11 is 3.03. The van der Waals surface area contributed by atoms with Crippen molar-refractivity contribution in [2.45, 2.75) is 18.4 Å². The summed E-state index contributed by atoms with van der Waals surface area (Å²) in [5.41, 5.74) is -0.0903. The van der Waals surface area contributed by atoms with Crippen molar-refractivity contribution in [2.24, 2.45) is 0 Å². The lowest BCUT2D eigenvalue weighted by atomic mass is 10.1. The summed E-state index contributed by atoms with van der Waals surface area (Å²) in [6, 6.07) is 2.84. The van der Waals surface area contributed by atoms with Crippen molar-refractivity contribution in [3.8, 4) is 6.07 Å². The summed E-state index contributed by atoms with van der Waals surface area (Å²) in [5, 5.41) is 17.6. The van der Waals surface area contributed by atoms with Crippen molar-refractivity contribution in [1.29, 1.82) is 5.26 Å². The summed E-state index contributed by atoms with van der Waals surface area (Å²) in [4.78, 5) is 3.75. The van der Waals surface area contributed by atoms with E-state index in [2.05, 4.69) is 20.9 Å². The Bertz CT molecular complexity index is 404. The number of pyridine rings is 1. The molecular formula is C9H7BrF2N2O. The number of hydrogen-bond acceptors (Lipinski definition) is 3. The second-order valence-corrected chi connectivity index (χ2v) is 3.29. The van der Waals surface area contributed by atoms with Gasteiger partial charge >= 0.3 is 0 Å². The van der Waals surface area contributed by atoms with Crippen LogP contribution < -0.4 is 0 Å². The van der Waals surface area contributed by atoms with Crippen molar-refractivity contribution < 1.29 is 13.9 Å². The summed E-state index contributed by atoms with van der Waals surface area (Å²) < 4.78 is 25.2. The lowest BCUT2D eigenvalue weighted by Crippen LogP contribution is -2.03. The quantitative estimate of drug-likeness (QED) is 0.862. The van der Waals surface area contributed by atoms with E-state index < -0.39 is 13.0 Å². The molecule has 6 heteroatoms. The fourth-order valence-corrected chi connectivity index (χ4v) is 1.74. The van der Waals surface area contributed by atoms with Gasteiger partial charge in [0.05, 0.1) is 12.3 Å². The number of nitriles is 1. The first-order chi connectivity index (χ1) is 7.13. The number of aliphatic hydroxyl groups is 1. The van der Waals surface area contributed by atoms with Gasteiger partial charge in [0.25, 0.3) is 6.43 Å². The first-order valence-corrected chi connectivity index (χ1v) is 5.14. The predicted octanol–water partition coefficient (Wildman–Crippen LogP) is 2.28. The van der Waals surface area contributed by atoms with E-state index >= 15 is 0 Å². The number of alkyl halides is 3. The molecule has 0 aromatic carbocycles. The van der Waals surface area contributed by atoms with Crippen molar-refractivity contribution >= 4 is 15.9 Å². The minimum absolute atomic E-state index is 0.0753. The van der Waals surface area contributed by atoms with Crippen LogP contribution in [0.5, 0.6) is 0 Å². The number of nitrogens with zero attached hydrogens (tertiary/aromatic N) is 2. The molecule has 0 saturated heterocycles. The normalized spacial score (nSPS) is 10.4. The maximum Gasteiger partial charge on any atom is 0.264 e. The Morgan fingerprint density at radius 2 is 2.27 bits per heavy atom. The van der Waals surface area contributed by atoms with Crippen molar-refractivity contribution in [2.75, 3.05) is 0 Å². The second-order valence-electron chi connectivity index (χ2n) is 2.73. The van der Waals surface area contributed by atoms with Gasteiger partial charge in [-0.1, -0.05) is 15.9 Å². The Kier molecular flexibility index (Phi) is 4.12. The molecule has 0 spiro atoms. The minimum atomic E-state index is -2.68. The number of rotatable bonds is 3. The molecule has 80 valence electrons. The fourth-order valence-electron chi connectivity index (χ4n) is 1.16. The van der Waals surface area contributed by atoms with E-state index in [4.69, 9.17) is 10.4 Å². The summed E-state index contributed by atoms with van der Waals surface area (Å²) in [5.74, 6) is 0. The highest BCUT2D eigenvalue weighted by molar-refractivity contribution is 9.08. The van der Waals surface area contributed by atoms with Crippen molar-refractivity contribution in [3.05, 3.63) is 28.6 Å². The monoisotopic (exact) mass is 276 g/mol. The molecule has 0 saturated carbocycles. The van der Waals surface area contributed by atoms with E-state index in [-0.39, 0.29) is 27.8 Å². The van der Waals surface area contributed by atoms with Gasteiger partial charge in [0.2, 0.25) is 0 Å². The van der Waals surface area contributed by atoms with E-state index in [0.717, 1.165) is 6.07 Å². The van der Waals surface area contributed by atoms with Gasteiger partial charge in [-0.25, -0.2) is 13.8 Å². The average Bonchev–Trinajstić information content (AvgIpc) is 2.26. The van der Waals surface area contributed by atoms with Crippen LogP contribution in [0.3, 0.4) is 0 Å². The first-order valence-electron chi connectivity index (χ1n) is 4.01. The van der Waals surface area contributed by atoms with E-state index in [1.165, 1.54) is 0 Å². The summed E-state index contributed by atoms with van der Waals surface area (Å²) in [6.45, 7) is -0.461. The van der Waals surface area contributed by atoms with Crippen LogP contribution in [0.4, 0.5) is 8.78 Å². The summed E-state index contributed by atoms with van der Waals surface area (Å²) in [7, 11) is 0. The maximum absolute atomic E-state index is 12.6. The zero-order valence-corrected chi connectivity index (χ0v) is 9.13. The van der Waals surface area contributed by atoms with Crippen LogP contribution in [0.1, 0.15) is 28.9 Å². The standard InChI is InChI=1S/C9H7BrF2N2O/c10-2-7-6(9(11)12)1-5(4-15)14-8(7)3-13/h1,9,15H,2,4H2. The zero-order valence-electron chi connectivity index (χ0n) is 7.54. The highest BCUT2D eigenvalue weighted by Gasteiger charge is 2.18. The van der Waals surface area contributed by atoms with E-state index in [9.17, 15) is 8.78 Å². The Labute approximate surface area is 93.5 Å². The predicted molar refractivity (Wildman–Crippen MR) is 52.5 cm³/mol. The first kappa shape index (κ1) is 12.0. The molecule has 1 heterocycles. The number of aliphatic hydroxyl groups excluding tert-OH is 1. The number of aromatic nitrogens is 1. The molecule has 0 aliphatic carbocycles. The van der Waals surface area contributed by atoms with Crippen LogP contribution >= 0.6 is 15.9 Å². The van der Waals surface area contributed by atoms with Crippen LogP contribution in [0.15, 0.2) is 6.07 Å².